The van der Waals surface area contributed by atoms with Crippen LogP contribution in [0.5, 0.6) is 0 Å². The van der Waals surface area contributed by atoms with Gasteiger partial charge in [0, 0.05) is 10.4 Å². The zero-order chi connectivity index (χ0) is 20.7. The number of carbonyl (C=O) groups excluding carboxylic acids is 1. The second-order valence-electron chi connectivity index (χ2n) is 7.06. The summed E-state index contributed by atoms with van der Waals surface area (Å²) in [5.74, 6) is -0.177. The molecule has 0 aliphatic heterocycles. The molecule has 148 valence electrons. The van der Waals surface area contributed by atoms with Gasteiger partial charge in [-0.15, -0.1) is 11.3 Å². The summed E-state index contributed by atoms with van der Waals surface area (Å²) in [5.41, 5.74) is 4.51. The van der Waals surface area contributed by atoms with Crippen LogP contribution in [-0.2, 0) is 6.54 Å². The van der Waals surface area contributed by atoms with E-state index in [2.05, 4.69) is 10.4 Å². The van der Waals surface area contributed by atoms with Crippen molar-refractivity contribution in [2.45, 2.75) is 27.3 Å². The first-order chi connectivity index (χ1) is 13.8. The Labute approximate surface area is 183 Å². The molecule has 0 atom stereocenters. The third kappa shape index (κ3) is 3.90. The number of hydrogen-bond donors (Lipinski definition) is 1. The number of amides is 1. The monoisotopic (exact) mass is 443 g/mol. The minimum Gasteiger partial charge on any atom is -0.320 e. The molecule has 0 unspecified atom stereocenters. The zero-order valence-electron chi connectivity index (χ0n) is 16.2. The molecule has 29 heavy (non-hydrogen) atoms. The van der Waals surface area contributed by atoms with Crippen molar-refractivity contribution in [3.05, 3.63) is 79.8 Å². The predicted octanol–water partition coefficient (Wildman–Crippen LogP) is 6.63. The molecule has 0 aliphatic rings. The van der Waals surface area contributed by atoms with Gasteiger partial charge in [-0.05, 0) is 55.7 Å². The Hall–Kier alpha value is -2.34. The van der Waals surface area contributed by atoms with E-state index < -0.39 is 0 Å². The van der Waals surface area contributed by atoms with Crippen LogP contribution in [0.25, 0.3) is 10.2 Å². The van der Waals surface area contributed by atoms with Crippen LogP contribution >= 0.6 is 34.5 Å². The number of carbonyl (C=O) groups is 1. The summed E-state index contributed by atoms with van der Waals surface area (Å²) in [7, 11) is 0. The van der Waals surface area contributed by atoms with Crippen molar-refractivity contribution in [3.63, 3.8) is 0 Å². The molecule has 0 spiro atoms. The predicted molar refractivity (Wildman–Crippen MR) is 122 cm³/mol. The maximum Gasteiger partial charge on any atom is 0.265 e. The van der Waals surface area contributed by atoms with Gasteiger partial charge in [-0.3, -0.25) is 9.48 Å². The minimum absolute atomic E-state index is 0.177. The highest BCUT2D eigenvalue weighted by Crippen LogP contribution is 2.32. The Morgan fingerprint density at radius 2 is 1.86 bits per heavy atom. The molecule has 1 N–H and O–H groups in total. The largest absolute Gasteiger partial charge is 0.320 e. The number of fused-ring (bicyclic) bond motifs is 1. The van der Waals surface area contributed by atoms with Crippen molar-refractivity contribution in [1.29, 1.82) is 0 Å². The van der Waals surface area contributed by atoms with Crippen molar-refractivity contribution in [2.24, 2.45) is 0 Å². The smallest absolute Gasteiger partial charge is 0.265 e. The Morgan fingerprint density at radius 1 is 1.10 bits per heavy atom. The van der Waals surface area contributed by atoms with Crippen molar-refractivity contribution >= 4 is 56.3 Å². The number of aryl methyl sites for hydroxylation is 3. The summed E-state index contributed by atoms with van der Waals surface area (Å²) in [6.45, 7) is 6.41. The molecule has 2 aromatic heterocycles. The molecule has 0 fully saturated rings. The maximum absolute atomic E-state index is 12.9. The van der Waals surface area contributed by atoms with Crippen LogP contribution in [0.2, 0.25) is 10.0 Å². The number of rotatable bonds is 4. The van der Waals surface area contributed by atoms with E-state index in [1.54, 1.807) is 0 Å². The highest BCUT2D eigenvalue weighted by Gasteiger charge is 2.18. The molecular formula is C22H19Cl2N3OS. The second-order valence-corrected chi connectivity index (χ2v) is 8.90. The normalized spacial score (nSPS) is 11.2. The summed E-state index contributed by atoms with van der Waals surface area (Å²) in [6, 6.07) is 13.4. The van der Waals surface area contributed by atoms with Gasteiger partial charge >= 0.3 is 0 Å². The van der Waals surface area contributed by atoms with Crippen LogP contribution in [0, 0.1) is 20.8 Å². The number of hydrogen-bond acceptors (Lipinski definition) is 3. The fourth-order valence-electron chi connectivity index (χ4n) is 3.37. The van der Waals surface area contributed by atoms with Crippen LogP contribution in [0.15, 0.2) is 42.5 Å². The van der Waals surface area contributed by atoms with Crippen LogP contribution in [-0.4, -0.2) is 15.7 Å². The Balaban J connectivity index is 1.66. The van der Waals surface area contributed by atoms with E-state index in [4.69, 9.17) is 23.2 Å². The Morgan fingerprint density at radius 3 is 2.59 bits per heavy atom. The average molecular weight is 444 g/mol. The number of anilines is 1. The van der Waals surface area contributed by atoms with Crippen molar-refractivity contribution in [2.75, 3.05) is 5.32 Å². The highest BCUT2D eigenvalue weighted by atomic mass is 35.5. The van der Waals surface area contributed by atoms with Gasteiger partial charge in [0.25, 0.3) is 5.91 Å². The number of halogens is 2. The Kier molecular flexibility index (Phi) is 5.38. The highest BCUT2D eigenvalue weighted by molar-refractivity contribution is 7.20. The summed E-state index contributed by atoms with van der Waals surface area (Å²) in [5, 5.41) is 9.80. The molecule has 4 nitrogen and oxygen atoms in total. The molecule has 0 bridgehead atoms. The van der Waals surface area contributed by atoms with Gasteiger partial charge in [-0.25, -0.2) is 0 Å². The van der Waals surface area contributed by atoms with Gasteiger partial charge < -0.3 is 5.32 Å². The van der Waals surface area contributed by atoms with Crippen molar-refractivity contribution in [3.8, 4) is 0 Å². The first kappa shape index (κ1) is 20.0. The molecule has 0 radical (unpaired) electrons. The van der Waals surface area contributed by atoms with Gasteiger partial charge in [0.15, 0.2) is 0 Å². The van der Waals surface area contributed by atoms with Crippen LogP contribution < -0.4 is 5.32 Å². The molecule has 0 aliphatic carbocycles. The van der Waals surface area contributed by atoms with Gasteiger partial charge in [0.1, 0.15) is 4.83 Å². The number of nitrogens with zero attached hydrogens (tertiary/aromatic N) is 2. The number of nitrogens with one attached hydrogen (secondary N) is 1. The lowest BCUT2D eigenvalue weighted by Crippen LogP contribution is -2.12. The first-order valence-corrected chi connectivity index (χ1v) is 10.7. The third-order valence-corrected chi connectivity index (χ3v) is 6.59. The number of aromatic nitrogens is 2. The van der Waals surface area contributed by atoms with E-state index >= 15 is 0 Å². The van der Waals surface area contributed by atoms with E-state index in [-0.39, 0.29) is 5.91 Å². The topological polar surface area (TPSA) is 46.9 Å². The van der Waals surface area contributed by atoms with Crippen LogP contribution in [0.1, 0.15) is 32.1 Å². The third-order valence-electron chi connectivity index (χ3n) is 4.78. The van der Waals surface area contributed by atoms with Gasteiger partial charge in [-0.1, -0.05) is 47.5 Å². The zero-order valence-corrected chi connectivity index (χ0v) is 18.5. The first-order valence-electron chi connectivity index (χ1n) is 9.12. The summed E-state index contributed by atoms with van der Waals surface area (Å²) >= 11 is 14.1. The second kappa shape index (κ2) is 7.82. The fourth-order valence-corrected chi connectivity index (χ4v) is 4.99. The molecule has 2 aromatic carbocycles. The maximum atomic E-state index is 12.9. The lowest BCUT2D eigenvalue weighted by atomic mass is 10.1. The summed E-state index contributed by atoms with van der Waals surface area (Å²) in [4.78, 5) is 14.5. The van der Waals surface area contributed by atoms with Crippen molar-refractivity contribution in [1.82, 2.24) is 9.78 Å². The van der Waals surface area contributed by atoms with Crippen LogP contribution in [0.3, 0.4) is 0 Å². The molecule has 4 rings (SSSR count). The Bertz CT molecular complexity index is 1220. The average Bonchev–Trinajstić information content (AvgIpc) is 3.21. The number of benzene rings is 2. The molecule has 0 saturated carbocycles. The minimum atomic E-state index is -0.177. The summed E-state index contributed by atoms with van der Waals surface area (Å²) < 4.78 is 1.90. The van der Waals surface area contributed by atoms with Crippen molar-refractivity contribution < 1.29 is 4.79 Å². The van der Waals surface area contributed by atoms with Gasteiger partial charge in [0.05, 0.1) is 27.8 Å². The van der Waals surface area contributed by atoms with E-state index in [9.17, 15) is 4.79 Å². The standard InChI is InChI=1S/C22H19Cl2N3OS/c1-12-8-13(2)20(18(24)9-12)25-21(28)19-10-16-14(3)26-27(22(16)29-19)11-15-6-4-5-7-17(15)23/h4-10H,11H2,1-3H3,(H,25,28). The van der Waals surface area contributed by atoms with E-state index in [0.717, 1.165) is 32.6 Å². The van der Waals surface area contributed by atoms with E-state index in [1.807, 2.05) is 67.9 Å². The summed E-state index contributed by atoms with van der Waals surface area (Å²) in [6.07, 6.45) is 0. The van der Waals surface area contributed by atoms with E-state index in [1.165, 1.54) is 11.3 Å². The lowest BCUT2D eigenvalue weighted by molar-refractivity contribution is 0.103. The van der Waals surface area contributed by atoms with Crippen LogP contribution in [0.4, 0.5) is 5.69 Å². The fraction of sp³-hybridized carbons (Fsp3) is 0.182. The molecule has 2 heterocycles. The molecule has 1 amide bonds. The quantitative estimate of drug-likeness (QED) is 0.384. The van der Waals surface area contributed by atoms with E-state index in [0.29, 0.717) is 27.2 Å². The van der Waals surface area contributed by atoms with Gasteiger partial charge in [-0.2, -0.15) is 5.10 Å². The van der Waals surface area contributed by atoms with Gasteiger partial charge in [0.2, 0.25) is 0 Å². The SMILES string of the molecule is Cc1cc(C)c(NC(=O)c2cc3c(C)nn(Cc4ccccc4Cl)c3s2)c(Cl)c1. The number of thiophene rings is 1. The molecule has 0 saturated heterocycles. The molecule has 4 aromatic rings. The molecular weight excluding hydrogens is 425 g/mol. The molecule has 7 heteroatoms. The lowest BCUT2D eigenvalue weighted by Gasteiger charge is -2.10.